The molecule has 8 heteroatoms. The SMILES string of the molecule is Cc1ccc(C)c(OCC(=O)Nc2cccc(CC(=O)O[C@H]3CC[C@]4(C)[C@H]5C(=O)C=C6[C@@H]7C[C@@](C)(C(=O)O)CC[C@]7(C)CC[C@@]6(C)[C@]5(C)CC[C@H]4C3(C)C)c2)c1. The van der Waals surface area contributed by atoms with Gasteiger partial charge in [0.05, 0.1) is 11.8 Å². The monoisotopic (exact) mass is 765 g/mol. The number of nitrogens with one attached hydrogen (secondary N) is 1. The molecule has 5 aliphatic rings. The van der Waals surface area contributed by atoms with Crippen LogP contribution in [0, 0.1) is 64.1 Å². The molecule has 4 fully saturated rings. The number of esters is 1. The zero-order valence-corrected chi connectivity index (χ0v) is 35.1. The Labute approximate surface area is 333 Å². The fourth-order valence-corrected chi connectivity index (χ4v) is 12.9. The molecule has 0 unspecified atom stereocenters. The molecule has 2 aromatic rings. The molecule has 5 aliphatic carbocycles. The van der Waals surface area contributed by atoms with Crippen molar-refractivity contribution in [2.24, 2.45) is 50.2 Å². The van der Waals surface area contributed by atoms with E-state index >= 15 is 0 Å². The van der Waals surface area contributed by atoms with E-state index < -0.39 is 11.4 Å². The van der Waals surface area contributed by atoms with E-state index in [0.717, 1.165) is 55.2 Å². The Bertz CT molecular complexity index is 1980. The Morgan fingerprint density at radius 2 is 1.61 bits per heavy atom. The summed E-state index contributed by atoms with van der Waals surface area (Å²) in [6.45, 7) is 19.6. The summed E-state index contributed by atoms with van der Waals surface area (Å²) in [6, 6.07) is 13.2. The van der Waals surface area contributed by atoms with Crippen LogP contribution in [0.15, 0.2) is 54.1 Å². The lowest BCUT2D eigenvalue weighted by Crippen LogP contribution is -2.66. The van der Waals surface area contributed by atoms with Crippen molar-refractivity contribution in [1.29, 1.82) is 0 Å². The predicted molar refractivity (Wildman–Crippen MR) is 217 cm³/mol. The summed E-state index contributed by atoms with van der Waals surface area (Å²) in [5, 5.41) is 13.1. The van der Waals surface area contributed by atoms with Gasteiger partial charge in [-0.15, -0.1) is 0 Å². The van der Waals surface area contributed by atoms with Crippen molar-refractivity contribution in [1.82, 2.24) is 0 Å². The van der Waals surface area contributed by atoms with Crippen LogP contribution >= 0.6 is 0 Å². The minimum atomic E-state index is -0.775. The largest absolute Gasteiger partial charge is 0.483 e. The van der Waals surface area contributed by atoms with Gasteiger partial charge in [-0.1, -0.05) is 71.4 Å². The van der Waals surface area contributed by atoms with Gasteiger partial charge < -0.3 is 19.9 Å². The van der Waals surface area contributed by atoms with Crippen LogP contribution in [-0.4, -0.2) is 41.4 Å². The van der Waals surface area contributed by atoms with E-state index in [1.165, 1.54) is 5.57 Å². The molecular formula is C48H63NO7. The highest BCUT2D eigenvalue weighted by atomic mass is 16.5. The van der Waals surface area contributed by atoms with Crippen LogP contribution in [-0.2, 0) is 30.3 Å². The molecule has 302 valence electrons. The highest BCUT2D eigenvalue weighted by molar-refractivity contribution is 5.96. The van der Waals surface area contributed by atoms with Gasteiger partial charge in [-0.05, 0) is 153 Å². The number of aryl methyl sites for hydroxylation is 2. The van der Waals surface area contributed by atoms with Crippen LogP contribution in [0.1, 0.15) is 123 Å². The van der Waals surface area contributed by atoms with Gasteiger partial charge in [-0.3, -0.25) is 19.2 Å². The lowest BCUT2D eigenvalue weighted by molar-refractivity contribution is -0.211. The number of carbonyl (C=O) groups is 4. The van der Waals surface area contributed by atoms with Crippen molar-refractivity contribution in [3.8, 4) is 5.75 Å². The predicted octanol–water partition coefficient (Wildman–Crippen LogP) is 9.84. The first-order valence-corrected chi connectivity index (χ1v) is 20.9. The average Bonchev–Trinajstić information content (AvgIpc) is 3.11. The van der Waals surface area contributed by atoms with Gasteiger partial charge in [0.15, 0.2) is 12.4 Å². The molecule has 7 rings (SSSR count). The highest BCUT2D eigenvalue weighted by Gasteiger charge is 2.70. The first-order chi connectivity index (χ1) is 26.1. The normalized spacial score (nSPS) is 37.1. The molecule has 0 spiro atoms. The third kappa shape index (κ3) is 6.51. The zero-order chi connectivity index (χ0) is 40.6. The molecule has 9 atom stereocenters. The number of carboxylic acids is 1. The number of hydrogen-bond donors (Lipinski definition) is 2. The molecule has 4 saturated carbocycles. The topological polar surface area (TPSA) is 119 Å². The smallest absolute Gasteiger partial charge is 0.310 e. The summed E-state index contributed by atoms with van der Waals surface area (Å²) < 4.78 is 12.1. The molecule has 0 bridgehead atoms. The van der Waals surface area contributed by atoms with Crippen LogP contribution < -0.4 is 10.1 Å². The van der Waals surface area contributed by atoms with Crippen LogP contribution in [0.2, 0.25) is 0 Å². The lowest BCUT2D eigenvalue weighted by Gasteiger charge is -2.70. The minimum Gasteiger partial charge on any atom is -0.483 e. The van der Waals surface area contributed by atoms with Gasteiger partial charge in [0.2, 0.25) is 0 Å². The Hall–Kier alpha value is -3.94. The summed E-state index contributed by atoms with van der Waals surface area (Å²) in [4.78, 5) is 53.6. The standard InChI is InChI=1S/C48H63NO7/c1-29-13-14-30(2)36(23-29)55-28-39(51)49-32-12-10-11-31(24-32)25-40(52)56-38-16-17-46(7)37(43(38,3)4)15-18-48(9)41(46)35(50)26-33-34-27-45(6,42(53)54)20-19-44(34,5)21-22-47(33,48)8/h10-14,23-24,26,34,37-38,41H,15-22,25,27-28H2,1-9H3,(H,49,51)(H,53,54)/t34-,37-,38-,41+,44+,45-,46-,47+,48+/m0/s1. The van der Waals surface area contributed by atoms with Gasteiger partial charge in [0, 0.05) is 17.0 Å². The van der Waals surface area contributed by atoms with E-state index in [1.54, 1.807) is 6.07 Å². The number of benzene rings is 2. The summed E-state index contributed by atoms with van der Waals surface area (Å²) in [5.74, 6) is -0.281. The second-order valence-corrected chi connectivity index (χ2v) is 20.4. The van der Waals surface area contributed by atoms with Crippen LogP contribution in [0.4, 0.5) is 5.69 Å². The molecule has 2 aromatic carbocycles. The molecule has 0 heterocycles. The van der Waals surface area contributed by atoms with Gasteiger partial charge in [0.25, 0.3) is 5.91 Å². The second-order valence-electron chi connectivity index (χ2n) is 20.4. The highest BCUT2D eigenvalue weighted by Crippen LogP contribution is 2.75. The molecule has 0 radical (unpaired) electrons. The number of fused-ring (bicyclic) bond motifs is 7. The van der Waals surface area contributed by atoms with E-state index in [-0.39, 0.29) is 81.6 Å². The van der Waals surface area contributed by atoms with Crippen molar-refractivity contribution in [2.45, 2.75) is 133 Å². The third-order valence-electron chi connectivity index (χ3n) is 16.6. The number of aliphatic carboxylic acids is 1. The molecule has 1 amide bonds. The van der Waals surface area contributed by atoms with Gasteiger partial charge in [0.1, 0.15) is 11.9 Å². The molecular weight excluding hydrogens is 703 g/mol. The van der Waals surface area contributed by atoms with Gasteiger partial charge in [-0.25, -0.2) is 0 Å². The van der Waals surface area contributed by atoms with Crippen molar-refractivity contribution >= 4 is 29.3 Å². The van der Waals surface area contributed by atoms with Gasteiger partial charge in [-0.2, -0.15) is 0 Å². The molecule has 56 heavy (non-hydrogen) atoms. The summed E-state index contributed by atoms with van der Waals surface area (Å²) in [6.07, 6.45) is 9.38. The number of amides is 1. The zero-order valence-electron chi connectivity index (χ0n) is 35.1. The van der Waals surface area contributed by atoms with Crippen LogP contribution in [0.25, 0.3) is 0 Å². The number of allylic oxidation sites excluding steroid dienone is 2. The molecule has 8 nitrogen and oxygen atoms in total. The Morgan fingerprint density at radius 1 is 0.875 bits per heavy atom. The third-order valence-corrected chi connectivity index (χ3v) is 16.6. The van der Waals surface area contributed by atoms with E-state index in [1.807, 2.05) is 63.2 Å². The van der Waals surface area contributed by atoms with Crippen molar-refractivity contribution in [2.75, 3.05) is 11.9 Å². The maximum absolute atomic E-state index is 14.7. The number of rotatable bonds is 8. The van der Waals surface area contributed by atoms with E-state index in [2.05, 4.69) is 46.9 Å². The summed E-state index contributed by atoms with van der Waals surface area (Å²) in [5.41, 5.74) is 2.78. The first-order valence-electron chi connectivity index (χ1n) is 20.9. The fraction of sp³-hybridized carbons (Fsp3) is 0.625. The summed E-state index contributed by atoms with van der Waals surface area (Å²) >= 11 is 0. The number of carboxylic acid groups (broad SMARTS) is 1. The number of ketones is 1. The maximum atomic E-state index is 14.7. The molecule has 0 saturated heterocycles. The van der Waals surface area contributed by atoms with Crippen molar-refractivity contribution in [3.63, 3.8) is 0 Å². The van der Waals surface area contributed by atoms with Crippen molar-refractivity contribution in [3.05, 3.63) is 70.8 Å². The van der Waals surface area contributed by atoms with E-state index in [0.29, 0.717) is 30.7 Å². The number of ether oxygens (including phenoxy) is 2. The van der Waals surface area contributed by atoms with E-state index in [4.69, 9.17) is 9.47 Å². The number of anilines is 1. The van der Waals surface area contributed by atoms with Crippen molar-refractivity contribution < 1.29 is 33.8 Å². The number of carbonyl (C=O) groups excluding carboxylic acids is 3. The molecule has 0 aliphatic heterocycles. The average molecular weight is 766 g/mol. The Morgan fingerprint density at radius 3 is 2.34 bits per heavy atom. The Balaban J connectivity index is 1.04. The quantitative estimate of drug-likeness (QED) is 0.257. The van der Waals surface area contributed by atoms with Crippen LogP contribution in [0.3, 0.4) is 0 Å². The van der Waals surface area contributed by atoms with Gasteiger partial charge >= 0.3 is 11.9 Å². The fourth-order valence-electron chi connectivity index (χ4n) is 12.9. The first kappa shape index (κ1) is 40.3. The molecule has 0 aromatic heterocycles. The Kier molecular flexibility index (Phi) is 9.97. The summed E-state index contributed by atoms with van der Waals surface area (Å²) in [7, 11) is 0. The minimum absolute atomic E-state index is 0.0140. The second kappa shape index (κ2) is 13.9. The lowest BCUT2D eigenvalue weighted by atomic mass is 9.33. The maximum Gasteiger partial charge on any atom is 0.310 e. The van der Waals surface area contributed by atoms with E-state index in [9.17, 15) is 24.3 Å². The number of hydrogen-bond acceptors (Lipinski definition) is 6. The molecule has 2 N–H and O–H groups in total. The van der Waals surface area contributed by atoms with Crippen LogP contribution in [0.5, 0.6) is 5.75 Å².